The Labute approximate surface area is 158 Å². The molecule has 2 aromatic rings. The van der Waals surface area contributed by atoms with Crippen molar-refractivity contribution in [2.24, 2.45) is 0 Å². The number of carbonyl (C=O) groups excluding carboxylic acids is 1. The fourth-order valence-electron chi connectivity index (χ4n) is 2.81. The average molecular weight is 376 g/mol. The van der Waals surface area contributed by atoms with Crippen LogP contribution in [0.2, 0.25) is 5.02 Å². The van der Waals surface area contributed by atoms with E-state index in [1.807, 2.05) is 36.4 Å². The molecule has 1 fully saturated rings. The van der Waals surface area contributed by atoms with Crippen molar-refractivity contribution in [2.75, 3.05) is 43.6 Å². The van der Waals surface area contributed by atoms with Crippen molar-refractivity contribution >= 4 is 29.0 Å². The third kappa shape index (κ3) is 4.80. The van der Waals surface area contributed by atoms with E-state index in [0.717, 1.165) is 24.3 Å². The number of methoxy groups -OCH3 is 1. The minimum absolute atomic E-state index is 0.303. The summed E-state index contributed by atoms with van der Waals surface area (Å²) in [5, 5.41) is 6.33. The lowest BCUT2D eigenvalue weighted by Gasteiger charge is -2.29. The Balaban J connectivity index is 1.65. The number of urea groups is 1. The van der Waals surface area contributed by atoms with Gasteiger partial charge < -0.3 is 25.0 Å². The molecule has 1 aliphatic rings. The summed E-state index contributed by atoms with van der Waals surface area (Å²) in [5.74, 6) is 0.611. The van der Waals surface area contributed by atoms with Crippen LogP contribution in [-0.4, -0.2) is 39.4 Å². The smallest absolute Gasteiger partial charge is 0.319 e. The molecular formula is C19H22ClN3O3. The predicted octanol–water partition coefficient (Wildman–Crippen LogP) is 3.51. The highest BCUT2D eigenvalue weighted by Gasteiger charge is 2.14. The Kier molecular flexibility index (Phi) is 6.20. The quantitative estimate of drug-likeness (QED) is 0.839. The van der Waals surface area contributed by atoms with E-state index >= 15 is 0 Å². The van der Waals surface area contributed by atoms with Crippen LogP contribution < -0.4 is 20.3 Å². The van der Waals surface area contributed by atoms with Gasteiger partial charge in [0.2, 0.25) is 0 Å². The number of hydrogen-bond acceptors (Lipinski definition) is 4. The van der Waals surface area contributed by atoms with E-state index in [2.05, 4.69) is 15.5 Å². The molecular weight excluding hydrogens is 354 g/mol. The first-order chi connectivity index (χ1) is 12.7. The van der Waals surface area contributed by atoms with Crippen molar-refractivity contribution in [1.82, 2.24) is 5.32 Å². The topological polar surface area (TPSA) is 62.8 Å². The van der Waals surface area contributed by atoms with E-state index in [1.165, 1.54) is 0 Å². The van der Waals surface area contributed by atoms with Gasteiger partial charge in [-0.1, -0.05) is 23.7 Å². The lowest BCUT2D eigenvalue weighted by atomic mass is 10.2. The molecule has 138 valence electrons. The molecule has 7 heteroatoms. The van der Waals surface area contributed by atoms with Crippen LogP contribution in [-0.2, 0) is 11.3 Å². The Bertz CT molecular complexity index is 763. The van der Waals surface area contributed by atoms with Gasteiger partial charge in [-0.05, 0) is 35.9 Å². The Morgan fingerprint density at radius 2 is 2.04 bits per heavy atom. The van der Waals surface area contributed by atoms with Crippen molar-refractivity contribution < 1.29 is 14.3 Å². The SMILES string of the molecule is COc1ccc(N2CCOCC2)cc1NC(=O)NCc1cccc(Cl)c1. The molecule has 2 amide bonds. The van der Waals surface area contributed by atoms with Crippen LogP contribution in [0.15, 0.2) is 42.5 Å². The maximum atomic E-state index is 12.3. The largest absolute Gasteiger partial charge is 0.495 e. The van der Waals surface area contributed by atoms with Gasteiger partial charge in [-0.25, -0.2) is 4.79 Å². The summed E-state index contributed by atoms with van der Waals surface area (Å²) in [6.07, 6.45) is 0. The second-order valence-electron chi connectivity index (χ2n) is 5.92. The molecule has 0 aliphatic carbocycles. The summed E-state index contributed by atoms with van der Waals surface area (Å²) in [4.78, 5) is 14.5. The monoisotopic (exact) mass is 375 g/mol. The van der Waals surface area contributed by atoms with Crippen molar-refractivity contribution in [1.29, 1.82) is 0 Å². The maximum Gasteiger partial charge on any atom is 0.319 e. The normalized spacial score (nSPS) is 14.0. The van der Waals surface area contributed by atoms with Gasteiger partial charge in [0.1, 0.15) is 5.75 Å². The van der Waals surface area contributed by atoms with Gasteiger partial charge in [0.25, 0.3) is 0 Å². The van der Waals surface area contributed by atoms with E-state index in [-0.39, 0.29) is 6.03 Å². The van der Waals surface area contributed by atoms with Crippen molar-refractivity contribution in [2.45, 2.75) is 6.54 Å². The van der Waals surface area contributed by atoms with Crippen LogP contribution in [0.3, 0.4) is 0 Å². The van der Waals surface area contributed by atoms with Crippen LogP contribution in [0.5, 0.6) is 5.75 Å². The molecule has 2 N–H and O–H groups in total. The number of nitrogens with zero attached hydrogens (tertiary/aromatic N) is 1. The van der Waals surface area contributed by atoms with Crippen LogP contribution in [0.1, 0.15) is 5.56 Å². The Morgan fingerprint density at radius 1 is 1.23 bits per heavy atom. The van der Waals surface area contributed by atoms with Gasteiger partial charge in [-0.15, -0.1) is 0 Å². The first kappa shape index (κ1) is 18.4. The third-order valence-corrected chi connectivity index (χ3v) is 4.38. The van der Waals surface area contributed by atoms with Gasteiger partial charge in [-0.3, -0.25) is 0 Å². The Hall–Kier alpha value is -2.44. The number of carbonyl (C=O) groups is 1. The van der Waals surface area contributed by atoms with Gasteiger partial charge in [0, 0.05) is 30.3 Å². The van der Waals surface area contributed by atoms with Crippen molar-refractivity contribution in [3.05, 3.63) is 53.1 Å². The molecule has 1 heterocycles. The predicted molar refractivity (Wildman–Crippen MR) is 103 cm³/mol. The van der Waals surface area contributed by atoms with E-state index in [4.69, 9.17) is 21.1 Å². The van der Waals surface area contributed by atoms with E-state index < -0.39 is 0 Å². The molecule has 1 saturated heterocycles. The molecule has 2 aromatic carbocycles. The molecule has 0 saturated carbocycles. The van der Waals surface area contributed by atoms with Crippen molar-refractivity contribution in [3.63, 3.8) is 0 Å². The fraction of sp³-hybridized carbons (Fsp3) is 0.316. The molecule has 0 bridgehead atoms. The molecule has 0 radical (unpaired) electrons. The van der Waals surface area contributed by atoms with Crippen LogP contribution >= 0.6 is 11.6 Å². The van der Waals surface area contributed by atoms with E-state index in [9.17, 15) is 4.79 Å². The molecule has 6 nitrogen and oxygen atoms in total. The van der Waals surface area contributed by atoms with Gasteiger partial charge in [0.05, 0.1) is 26.0 Å². The zero-order valence-electron chi connectivity index (χ0n) is 14.6. The van der Waals surface area contributed by atoms with Crippen LogP contribution in [0.4, 0.5) is 16.2 Å². The number of ether oxygens (including phenoxy) is 2. The lowest BCUT2D eigenvalue weighted by Crippen LogP contribution is -2.36. The molecule has 0 aromatic heterocycles. The molecule has 0 spiro atoms. The fourth-order valence-corrected chi connectivity index (χ4v) is 3.02. The first-order valence-corrected chi connectivity index (χ1v) is 8.83. The number of amides is 2. The summed E-state index contributed by atoms with van der Waals surface area (Å²) in [6, 6.07) is 12.8. The van der Waals surface area contributed by atoms with E-state index in [0.29, 0.717) is 36.2 Å². The van der Waals surface area contributed by atoms with E-state index in [1.54, 1.807) is 13.2 Å². The van der Waals surface area contributed by atoms with Gasteiger partial charge >= 0.3 is 6.03 Å². The van der Waals surface area contributed by atoms with Gasteiger partial charge in [-0.2, -0.15) is 0 Å². The number of hydrogen-bond donors (Lipinski definition) is 2. The van der Waals surface area contributed by atoms with Crippen LogP contribution in [0, 0.1) is 0 Å². The summed E-state index contributed by atoms with van der Waals surface area (Å²) in [6.45, 7) is 3.45. The Morgan fingerprint density at radius 3 is 2.77 bits per heavy atom. The highest BCUT2D eigenvalue weighted by Crippen LogP contribution is 2.30. The standard InChI is InChI=1S/C19H22ClN3O3/c1-25-18-6-5-16(23-7-9-26-10-8-23)12-17(18)22-19(24)21-13-14-3-2-4-15(20)11-14/h2-6,11-12H,7-10,13H2,1H3,(H2,21,22,24). The molecule has 0 atom stereocenters. The molecule has 0 unspecified atom stereocenters. The number of nitrogens with one attached hydrogen (secondary N) is 2. The summed E-state index contributed by atoms with van der Waals surface area (Å²) in [7, 11) is 1.58. The second-order valence-corrected chi connectivity index (χ2v) is 6.36. The summed E-state index contributed by atoms with van der Waals surface area (Å²) < 4.78 is 10.8. The molecule has 26 heavy (non-hydrogen) atoms. The highest BCUT2D eigenvalue weighted by molar-refractivity contribution is 6.30. The minimum atomic E-state index is -0.303. The summed E-state index contributed by atoms with van der Waals surface area (Å²) >= 11 is 5.96. The number of morpholine rings is 1. The number of benzene rings is 2. The summed E-state index contributed by atoms with van der Waals surface area (Å²) in [5.41, 5.74) is 2.58. The zero-order valence-corrected chi connectivity index (χ0v) is 15.4. The first-order valence-electron chi connectivity index (χ1n) is 8.46. The van der Waals surface area contributed by atoms with Gasteiger partial charge in [0.15, 0.2) is 0 Å². The number of anilines is 2. The molecule has 3 rings (SSSR count). The maximum absolute atomic E-state index is 12.3. The zero-order chi connectivity index (χ0) is 18.4. The lowest BCUT2D eigenvalue weighted by molar-refractivity contribution is 0.122. The van der Waals surface area contributed by atoms with Crippen LogP contribution in [0.25, 0.3) is 0 Å². The number of rotatable bonds is 5. The average Bonchev–Trinajstić information content (AvgIpc) is 2.67. The number of halogens is 1. The minimum Gasteiger partial charge on any atom is -0.495 e. The third-order valence-electron chi connectivity index (χ3n) is 4.15. The second kappa shape index (κ2) is 8.78. The molecule has 1 aliphatic heterocycles. The van der Waals surface area contributed by atoms with Crippen molar-refractivity contribution in [3.8, 4) is 5.75 Å². The highest BCUT2D eigenvalue weighted by atomic mass is 35.5.